The van der Waals surface area contributed by atoms with Gasteiger partial charge in [-0.25, -0.2) is 4.98 Å². The minimum atomic E-state index is -0.254. The summed E-state index contributed by atoms with van der Waals surface area (Å²) in [6.07, 6.45) is 0. The Hall–Kier alpha value is -4.18. The van der Waals surface area contributed by atoms with Crippen molar-refractivity contribution in [1.82, 2.24) is 9.97 Å². The van der Waals surface area contributed by atoms with Crippen LogP contribution in [-0.4, -0.2) is 22.5 Å². The second-order valence-electron chi connectivity index (χ2n) is 6.33. The van der Waals surface area contributed by atoms with Crippen LogP contribution in [0.4, 0.5) is 5.69 Å². The minimum Gasteiger partial charge on any atom is -0.483 e. The molecule has 29 heavy (non-hydrogen) atoms. The molecule has 0 fully saturated rings. The van der Waals surface area contributed by atoms with E-state index in [1.165, 1.54) is 0 Å². The number of benzene rings is 2. The molecule has 2 aromatic heterocycles. The number of carbonyl (C=O) groups is 1. The first-order chi connectivity index (χ1) is 14.1. The number of nitrogens with zero attached hydrogens (tertiary/aromatic N) is 3. The number of para-hydroxylation sites is 1. The van der Waals surface area contributed by atoms with Gasteiger partial charge in [0, 0.05) is 11.3 Å². The van der Waals surface area contributed by atoms with Crippen molar-refractivity contribution in [1.29, 1.82) is 5.26 Å². The van der Waals surface area contributed by atoms with Gasteiger partial charge in [0.15, 0.2) is 17.8 Å². The standard InChI is InChI=1S/C22H16N4O3/c1-14-4-2-3-5-18(14)28-13-20(27)24-16-8-6-15(7-9-16)22-26-21-19(29-22)11-10-17(12-23)25-21/h2-11H,13H2,1H3,(H,24,27). The maximum atomic E-state index is 12.1. The molecule has 0 saturated carbocycles. The van der Waals surface area contributed by atoms with Crippen molar-refractivity contribution in [3.05, 3.63) is 71.9 Å². The van der Waals surface area contributed by atoms with Crippen LogP contribution in [0.5, 0.6) is 5.75 Å². The monoisotopic (exact) mass is 384 g/mol. The highest BCUT2D eigenvalue weighted by Gasteiger charge is 2.11. The fraction of sp³-hybridized carbons (Fsp3) is 0.0909. The summed E-state index contributed by atoms with van der Waals surface area (Å²) in [7, 11) is 0. The Labute approximate surface area is 166 Å². The lowest BCUT2D eigenvalue weighted by molar-refractivity contribution is -0.118. The number of oxazole rings is 1. The Morgan fingerprint density at radius 3 is 2.66 bits per heavy atom. The summed E-state index contributed by atoms with van der Waals surface area (Å²) >= 11 is 0. The van der Waals surface area contributed by atoms with Crippen LogP contribution in [0.1, 0.15) is 11.3 Å². The number of amides is 1. The molecule has 4 aromatic rings. The maximum Gasteiger partial charge on any atom is 0.262 e. The zero-order valence-corrected chi connectivity index (χ0v) is 15.5. The smallest absolute Gasteiger partial charge is 0.262 e. The largest absolute Gasteiger partial charge is 0.483 e. The van der Waals surface area contributed by atoms with E-state index >= 15 is 0 Å². The van der Waals surface area contributed by atoms with E-state index in [0.717, 1.165) is 11.1 Å². The van der Waals surface area contributed by atoms with Gasteiger partial charge in [-0.2, -0.15) is 10.2 Å². The lowest BCUT2D eigenvalue weighted by atomic mass is 10.2. The maximum absolute atomic E-state index is 12.1. The van der Waals surface area contributed by atoms with Gasteiger partial charge in [-0.05, 0) is 55.0 Å². The molecular weight excluding hydrogens is 368 g/mol. The summed E-state index contributed by atoms with van der Waals surface area (Å²) in [5.74, 6) is 0.821. The molecule has 2 aromatic carbocycles. The highest BCUT2D eigenvalue weighted by molar-refractivity contribution is 5.92. The number of hydrogen-bond acceptors (Lipinski definition) is 6. The molecule has 0 aliphatic carbocycles. The molecule has 0 unspecified atom stereocenters. The van der Waals surface area contributed by atoms with E-state index in [4.69, 9.17) is 14.4 Å². The summed E-state index contributed by atoms with van der Waals surface area (Å²) in [5, 5.41) is 11.7. The zero-order valence-electron chi connectivity index (χ0n) is 15.5. The summed E-state index contributed by atoms with van der Waals surface area (Å²) in [6.45, 7) is 1.85. The Bertz CT molecular complexity index is 1220. The van der Waals surface area contributed by atoms with Crippen LogP contribution >= 0.6 is 0 Å². The highest BCUT2D eigenvalue weighted by Crippen LogP contribution is 2.25. The molecule has 1 amide bonds. The third-order valence-electron chi connectivity index (χ3n) is 4.24. The van der Waals surface area contributed by atoms with E-state index in [-0.39, 0.29) is 18.2 Å². The van der Waals surface area contributed by atoms with Crippen LogP contribution in [0, 0.1) is 18.3 Å². The molecule has 0 bridgehead atoms. The molecule has 4 rings (SSSR count). The van der Waals surface area contributed by atoms with Crippen molar-refractivity contribution >= 4 is 22.8 Å². The SMILES string of the molecule is Cc1ccccc1OCC(=O)Nc1ccc(-c2nc3nc(C#N)ccc3o2)cc1. The van der Waals surface area contributed by atoms with Gasteiger partial charge >= 0.3 is 0 Å². The highest BCUT2D eigenvalue weighted by atomic mass is 16.5. The van der Waals surface area contributed by atoms with E-state index in [1.54, 1.807) is 36.4 Å². The molecule has 0 radical (unpaired) electrons. The number of anilines is 1. The zero-order chi connectivity index (χ0) is 20.2. The number of aryl methyl sites for hydroxylation is 1. The van der Waals surface area contributed by atoms with Crippen LogP contribution in [0.15, 0.2) is 65.1 Å². The molecule has 0 saturated heterocycles. The van der Waals surface area contributed by atoms with Crippen molar-refractivity contribution < 1.29 is 13.9 Å². The third-order valence-corrected chi connectivity index (χ3v) is 4.24. The second kappa shape index (κ2) is 7.82. The number of hydrogen-bond donors (Lipinski definition) is 1. The lowest BCUT2D eigenvalue weighted by Crippen LogP contribution is -2.20. The number of fused-ring (bicyclic) bond motifs is 1. The summed E-state index contributed by atoms with van der Waals surface area (Å²) in [6, 6.07) is 19.8. The number of carbonyl (C=O) groups excluding carboxylic acids is 1. The Kier molecular flexibility index (Phi) is 4.91. The molecule has 0 atom stereocenters. The second-order valence-corrected chi connectivity index (χ2v) is 6.33. The molecule has 2 heterocycles. The first-order valence-corrected chi connectivity index (χ1v) is 8.89. The van der Waals surface area contributed by atoms with E-state index in [2.05, 4.69) is 15.3 Å². The van der Waals surface area contributed by atoms with Gasteiger partial charge in [-0.3, -0.25) is 4.79 Å². The number of rotatable bonds is 5. The molecule has 0 spiro atoms. The molecule has 0 aliphatic rings. The summed E-state index contributed by atoms with van der Waals surface area (Å²) in [4.78, 5) is 20.6. The van der Waals surface area contributed by atoms with E-state index in [1.807, 2.05) is 37.3 Å². The van der Waals surface area contributed by atoms with Gasteiger partial charge in [-0.15, -0.1) is 0 Å². The Morgan fingerprint density at radius 2 is 1.90 bits per heavy atom. The van der Waals surface area contributed by atoms with Gasteiger partial charge in [-0.1, -0.05) is 18.2 Å². The van der Waals surface area contributed by atoms with Crippen LogP contribution in [-0.2, 0) is 4.79 Å². The van der Waals surface area contributed by atoms with Crippen molar-refractivity contribution in [2.45, 2.75) is 6.92 Å². The van der Waals surface area contributed by atoms with Crippen molar-refractivity contribution in [2.75, 3.05) is 11.9 Å². The van der Waals surface area contributed by atoms with E-state index in [0.29, 0.717) is 28.6 Å². The molecule has 7 heteroatoms. The number of aromatic nitrogens is 2. The van der Waals surface area contributed by atoms with Crippen LogP contribution < -0.4 is 10.1 Å². The normalized spacial score (nSPS) is 10.5. The van der Waals surface area contributed by atoms with Crippen LogP contribution in [0.3, 0.4) is 0 Å². The molecular formula is C22H16N4O3. The lowest BCUT2D eigenvalue weighted by Gasteiger charge is -2.09. The summed E-state index contributed by atoms with van der Waals surface area (Å²) < 4.78 is 11.2. The average molecular weight is 384 g/mol. The van der Waals surface area contributed by atoms with Crippen LogP contribution in [0.2, 0.25) is 0 Å². The molecule has 7 nitrogen and oxygen atoms in total. The number of nitriles is 1. The average Bonchev–Trinajstić information content (AvgIpc) is 3.17. The van der Waals surface area contributed by atoms with Gasteiger partial charge in [0.25, 0.3) is 5.91 Å². The van der Waals surface area contributed by atoms with E-state index in [9.17, 15) is 4.79 Å². The topological polar surface area (TPSA) is 101 Å². The van der Waals surface area contributed by atoms with Crippen molar-refractivity contribution in [2.24, 2.45) is 0 Å². The first-order valence-electron chi connectivity index (χ1n) is 8.89. The Balaban J connectivity index is 1.42. The fourth-order valence-electron chi connectivity index (χ4n) is 2.76. The Morgan fingerprint density at radius 1 is 1.10 bits per heavy atom. The van der Waals surface area contributed by atoms with E-state index < -0.39 is 0 Å². The van der Waals surface area contributed by atoms with Crippen molar-refractivity contribution in [3.8, 4) is 23.3 Å². The van der Waals surface area contributed by atoms with Gasteiger partial charge in [0.1, 0.15) is 17.5 Å². The quantitative estimate of drug-likeness (QED) is 0.556. The number of pyridine rings is 1. The van der Waals surface area contributed by atoms with Crippen molar-refractivity contribution in [3.63, 3.8) is 0 Å². The van der Waals surface area contributed by atoms with Gasteiger partial charge in [0.05, 0.1) is 0 Å². The summed E-state index contributed by atoms with van der Waals surface area (Å²) in [5.41, 5.74) is 3.50. The minimum absolute atomic E-state index is 0.0787. The predicted molar refractivity (Wildman–Crippen MR) is 107 cm³/mol. The molecule has 0 aliphatic heterocycles. The van der Waals surface area contributed by atoms with Gasteiger partial charge in [0.2, 0.25) is 5.89 Å². The van der Waals surface area contributed by atoms with Crippen LogP contribution in [0.25, 0.3) is 22.7 Å². The predicted octanol–water partition coefficient (Wildman–Crippen LogP) is 4.09. The fourth-order valence-corrected chi connectivity index (χ4v) is 2.76. The van der Waals surface area contributed by atoms with Gasteiger partial charge < -0.3 is 14.5 Å². The third kappa shape index (κ3) is 4.06. The number of nitrogens with one attached hydrogen (secondary N) is 1. The molecule has 1 N–H and O–H groups in total. The number of ether oxygens (including phenoxy) is 1. The molecule has 142 valence electrons. The first kappa shape index (κ1) is 18.2.